The first-order valence-corrected chi connectivity index (χ1v) is 7.61. The smallest absolute Gasteiger partial charge is 0.0692 e. The number of β-amino-alcohol motifs (C(OH)–C–C–N with tert-alkyl or cyclic N) is 1. The number of fused-ring (bicyclic) bond motifs is 1. The average Bonchev–Trinajstić information content (AvgIpc) is 2.37. The van der Waals surface area contributed by atoms with Crippen molar-refractivity contribution >= 4 is 0 Å². The molecule has 4 unspecified atom stereocenters. The van der Waals surface area contributed by atoms with E-state index in [1.165, 1.54) is 45.2 Å². The molecule has 1 aliphatic heterocycles. The maximum Gasteiger partial charge on any atom is 0.0692 e. The molecular weight excluding hydrogens is 210 g/mol. The zero-order valence-electron chi connectivity index (χ0n) is 11.6. The van der Waals surface area contributed by atoms with Crippen LogP contribution < -0.4 is 0 Å². The summed E-state index contributed by atoms with van der Waals surface area (Å²) in [5, 5.41) is 10.1. The highest BCUT2D eigenvalue weighted by Gasteiger charge is 2.31. The molecule has 2 nitrogen and oxygen atoms in total. The van der Waals surface area contributed by atoms with E-state index in [9.17, 15) is 5.11 Å². The highest BCUT2D eigenvalue weighted by molar-refractivity contribution is 4.84. The Labute approximate surface area is 106 Å². The third kappa shape index (κ3) is 3.45. The van der Waals surface area contributed by atoms with E-state index < -0.39 is 0 Å². The molecule has 100 valence electrons. The third-order valence-electron chi connectivity index (χ3n) is 5.12. The number of rotatable bonds is 4. The Morgan fingerprint density at radius 3 is 2.59 bits per heavy atom. The maximum absolute atomic E-state index is 10.1. The van der Waals surface area contributed by atoms with Crippen LogP contribution in [0.25, 0.3) is 0 Å². The van der Waals surface area contributed by atoms with Gasteiger partial charge >= 0.3 is 0 Å². The predicted molar refractivity (Wildman–Crippen MR) is 72.0 cm³/mol. The molecule has 1 N–H and O–H groups in total. The monoisotopic (exact) mass is 239 g/mol. The zero-order chi connectivity index (χ0) is 12.3. The Morgan fingerprint density at radius 2 is 1.88 bits per heavy atom. The lowest BCUT2D eigenvalue weighted by atomic mass is 9.75. The van der Waals surface area contributed by atoms with E-state index in [4.69, 9.17) is 0 Å². The van der Waals surface area contributed by atoms with Gasteiger partial charge in [0.05, 0.1) is 6.10 Å². The minimum absolute atomic E-state index is 0.125. The van der Waals surface area contributed by atoms with E-state index in [0.29, 0.717) is 5.92 Å². The zero-order valence-corrected chi connectivity index (χ0v) is 11.6. The van der Waals surface area contributed by atoms with Crippen molar-refractivity contribution in [2.24, 2.45) is 17.8 Å². The standard InChI is InChI=1S/C15H29NO/c1-3-12(2)15(17)11-16-9-8-13-6-4-5-7-14(13)10-16/h12-15,17H,3-11H2,1-2H3. The predicted octanol–water partition coefficient (Wildman–Crippen LogP) is 2.91. The van der Waals surface area contributed by atoms with Crippen molar-refractivity contribution in [3.05, 3.63) is 0 Å². The summed E-state index contributed by atoms with van der Waals surface area (Å²) in [6.45, 7) is 7.70. The first-order chi connectivity index (χ1) is 8.20. The van der Waals surface area contributed by atoms with Crippen LogP contribution in [0.4, 0.5) is 0 Å². The largest absolute Gasteiger partial charge is 0.392 e. The van der Waals surface area contributed by atoms with Gasteiger partial charge in [-0.25, -0.2) is 0 Å². The van der Waals surface area contributed by atoms with Gasteiger partial charge in [0.1, 0.15) is 0 Å². The fraction of sp³-hybridized carbons (Fsp3) is 1.00. The van der Waals surface area contributed by atoms with E-state index in [0.717, 1.165) is 24.8 Å². The summed E-state index contributed by atoms with van der Waals surface area (Å²) in [4.78, 5) is 2.52. The van der Waals surface area contributed by atoms with Gasteiger partial charge in [-0.05, 0) is 37.1 Å². The Bertz CT molecular complexity index is 229. The molecule has 1 saturated carbocycles. The molecule has 0 aromatic heterocycles. The minimum atomic E-state index is -0.125. The molecule has 0 amide bonds. The molecule has 17 heavy (non-hydrogen) atoms. The first-order valence-electron chi connectivity index (χ1n) is 7.61. The maximum atomic E-state index is 10.1. The highest BCUT2D eigenvalue weighted by Crippen LogP contribution is 2.36. The van der Waals surface area contributed by atoms with E-state index >= 15 is 0 Å². The molecule has 2 fully saturated rings. The van der Waals surface area contributed by atoms with Crippen LogP contribution in [0.5, 0.6) is 0 Å². The number of hydrogen-bond donors (Lipinski definition) is 1. The van der Waals surface area contributed by atoms with Crippen LogP contribution >= 0.6 is 0 Å². The van der Waals surface area contributed by atoms with Crippen LogP contribution in [0.3, 0.4) is 0 Å². The number of piperidine rings is 1. The van der Waals surface area contributed by atoms with E-state index in [1.54, 1.807) is 0 Å². The molecule has 1 heterocycles. The molecule has 2 rings (SSSR count). The Morgan fingerprint density at radius 1 is 1.18 bits per heavy atom. The Hall–Kier alpha value is -0.0800. The first kappa shape index (κ1) is 13.4. The average molecular weight is 239 g/mol. The lowest BCUT2D eigenvalue weighted by molar-refractivity contribution is 0.0259. The van der Waals surface area contributed by atoms with Crippen molar-refractivity contribution in [3.8, 4) is 0 Å². The highest BCUT2D eigenvalue weighted by atomic mass is 16.3. The quantitative estimate of drug-likeness (QED) is 0.815. The molecule has 4 atom stereocenters. The SMILES string of the molecule is CCC(C)C(O)CN1CCC2CCCCC2C1. The van der Waals surface area contributed by atoms with Gasteiger partial charge in [-0.3, -0.25) is 0 Å². The molecule has 0 aromatic carbocycles. The second-order valence-corrected chi connectivity index (χ2v) is 6.31. The van der Waals surface area contributed by atoms with Gasteiger partial charge in [0.15, 0.2) is 0 Å². The summed E-state index contributed by atoms with van der Waals surface area (Å²) in [5.41, 5.74) is 0. The van der Waals surface area contributed by atoms with Gasteiger partial charge in [0.25, 0.3) is 0 Å². The summed E-state index contributed by atoms with van der Waals surface area (Å²) in [6, 6.07) is 0. The summed E-state index contributed by atoms with van der Waals surface area (Å²) in [7, 11) is 0. The fourth-order valence-electron chi connectivity index (χ4n) is 3.56. The van der Waals surface area contributed by atoms with Crippen molar-refractivity contribution in [1.82, 2.24) is 4.90 Å². The van der Waals surface area contributed by atoms with Crippen molar-refractivity contribution in [2.45, 2.75) is 58.5 Å². The van der Waals surface area contributed by atoms with E-state index in [-0.39, 0.29) is 6.10 Å². The molecular formula is C15H29NO. The van der Waals surface area contributed by atoms with Gasteiger partial charge < -0.3 is 10.0 Å². The van der Waals surface area contributed by atoms with Crippen molar-refractivity contribution < 1.29 is 5.11 Å². The second-order valence-electron chi connectivity index (χ2n) is 6.31. The fourth-order valence-corrected chi connectivity index (χ4v) is 3.56. The molecule has 0 aromatic rings. The lowest BCUT2D eigenvalue weighted by Gasteiger charge is -2.42. The summed E-state index contributed by atoms with van der Waals surface area (Å²) in [5.74, 6) is 2.38. The summed E-state index contributed by atoms with van der Waals surface area (Å²) in [6.07, 6.45) is 8.12. The van der Waals surface area contributed by atoms with Crippen LogP contribution in [0.1, 0.15) is 52.4 Å². The van der Waals surface area contributed by atoms with Crippen molar-refractivity contribution in [1.29, 1.82) is 0 Å². The molecule has 1 saturated heterocycles. The van der Waals surface area contributed by atoms with Crippen LogP contribution in [-0.2, 0) is 0 Å². The topological polar surface area (TPSA) is 23.5 Å². The third-order valence-corrected chi connectivity index (χ3v) is 5.12. The van der Waals surface area contributed by atoms with Gasteiger partial charge in [-0.2, -0.15) is 0 Å². The number of nitrogens with zero attached hydrogens (tertiary/aromatic N) is 1. The molecule has 2 heteroatoms. The molecule has 0 radical (unpaired) electrons. The normalized spacial score (nSPS) is 34.1. The van der Waals surface area contributed by atoms with Gasteiger partial charge in [0, 0.05) is 13.1 Å². The number of hydrogen-bond acceptors (Lipinski definition) is 2. The van der Waals surface area contributed by atoms with Crippen LogP contribution in [0, 0.1) is 17.8 Å². The molecule has 0 bridgehead atoms. The van der Waals surface area contributed by atoms with E-state index in [1.807, 2.05) is 0 Å². The van der Waals surface area contributed by atoms with Crippen LogP contribution in [0.2, 0.25) is 0 Å². The summed E-state index contributed by atoms with van der Waals surface area (Å²) >= 11 is 0. The number of aliphatic hydroxyl groups excluding tert-OH is 1. The molecule has 2 aliphatic rings. The Balaban J connectivity index is 1.79. The second kappa shape index (κ2) is 6.19. The minimum Gasteiger partial charge on any atom is -0.392 e. The van der Waals surface area contributed by atoms with Crippen molar-refractivity contribution in [2.75, 3.05) is 19.6 Å². The van der Waals surface area contributed by atoms with E-state index in [2.05, 4.69) is 18.7 Å². The van der Waals surface area contributed by atoms with Crippen LogP contribution in [-0.4, -0.2) is 35.7 Å². The van der Waals surface area contributed by atoms with Gasteiger partial charge in [0.2, 0.25) is 0 Å². The number of aliphatic hydroxyl groups is 1. The van der Waals surface area contributed by atoms with Crippen LogP contribution in [0.15, 0.2) is 0 Å². The Kier molecular flexibility index (Phi) is 4.87. The van der Waals surface area contributed by atoms with Gasteiger partial charge in [-0.15, -0.1) is 0 Å². The number of likely N-dealkylation sites (tertiary alicyclic amines) is 1. The van der Waals surface area contributed by atoms with Crippen molar-refractivity contribution in [3.63, 3.8) is 0 Å². The van der Waals surface area contributed by atoms with Gasteiger partial charge in [-0.1, -0.05) is 39.5 Å². The molecule has 0 spiro atoms. The summed E-state index contributed by atoms with van der Waals surface area (Å²) < 4.78 is 0. The molecule has 1 aliphatic carbocycles. The lowest BCUT2D eigenvalue weighted by Crippen LogP contribution is -2.45.